The molecule has 0 amide bonds. The van der Waals surface area contributed by atoms with E-state index in [0.29, 0.717) is 17.2 Å². The van der Waals surface area contributed by atoms with Crippen LogP contribution in [0.4, 0.5) is 0 Å². The second-order valence-electron chi connectivity index (χ2n) is 7.26. The Morgan fingerprint density at radius 3 is 2.40 bits per heavy atom. The molecule has 1 rings (SSSR count). The van der Waals surface area contributed by atoms with Gasteiger partial charge in [0.15, 0.2) is 5.17 Å². The number of rotatable bonds is 5. The van der Waals surface area contributed by atoms with E-state index in [9.17, 15) is 8.42 Å². The first-order valence-electron chi connectivity index (χ1n) is 6.80. The van der Waals surface area contributed by atoms with Crippen LogP contribution in [0.3, 0.4) is 0 Å². The monoisotopic (exact) mass is 321 g/mol. The molecule has 0 radical (unpaired) electrons. The van der Waals surface area contributed by atoms with Gasteiger partial charge in [0.05, 0.1) is 12.8 Å². The molecule has 1 aliphatic heterocycles. The maximum Gasteiger partial charge on any atom is 0.209 e. The summed E-state index contributed by atoms with van der Waals surface area (Å²) in [7, 11) is -3.20. The van der Waals surface area contributed by atoms with Crippen molar-refractivity contribution in [1.82, 2.24) is 10.0 Å². The normalized spacial score (nSPS) is 20.9. The molecular formula is C13H27N3O2S2. The molecule has 0 aromatic rings. The third-order valence-electron chi connectivity index (χ3n) is 2.70. The Bertz CT molecular complexity index is 464. The van der Waals surface area contributed by atoms with Crippen molar-refractivity contribution in [1.29, 1.82) is 0 Å². The van der Waals surface area contributed by atoms with Gasteiger partial charge in [0.2, 0.25) is 10.0 Å². The molecule has 0 saturated carbocycles. The Hall–Kier alpha value is -0.270. The first-order chi connectivity index (χ1) is 8.86. The lowest BCUT2D eigenvalue weighted by Crippen LogP contribution is -2.50. The summed E-state index contributed by atoms with van der Waals surface area (Å²) in [5.74, 6) is 0. The Morgan fingerprint density at radius 1 is 1.30 bits per heavy atom. The van der Waals surface area contributed by atoms with Crippen molar-refractivity contribution in [3.8, 4) is 0 Å². The molecule has 1 heterocycles. The number of nitrogens with zero attached hydrogens (tertiary/aromatic N) is 1. The van der Waals surface area contributed by atoms with E-state index in [2.05, 4.69) is 35.8 Å². The highest BCUT2D eigenvalue weighted by atomic mass is 32.2. The van der Waals surface area contributed by atoms with Crippen LogP contribution < -0.4 is 10.0 Å². The summed E-state index contributed by atoms with van der Waals surface area (Å²) >= 11 is 1.76. The Kier molecular flexibility index (Phi) is 5.54. The second-order valence-corrected chi connectivity index (χ2v) is 10.3. The molecule has 0 spiro atoms. The topological polar surface area (TPSA) is 70.6 Å². The minimum atomic E-state index is -3.20. The average molecular weight is 322 g/mol. The highest BCUT2D eigenvalue weighted by molar-refractivity contribution is 8.14. The van der Waals surface area contributed by atoms with E-state index in [4.69, 9.17) is 0 Å². The summed E-state index contributed by atoms with van der Waals surface area (Å²) in [5.41, 5.74) is -0.224. The molecule has 1 aliphatic rings. The number of hydrogen-bond donors (Lipinski definition) is 2. The average Bonchev–Trinajstić information content (AvgIpc) is 2.56. The fourth-order valence-electron chi connectivity index (χ4n) is 2.14. The van der Waals surface area contributed by atoms with Crippen molar-refractivity contribution in [2.45, 2.75) is 51.8 Å². The molecule has 0 aromatic heterocycles. The summed E-state index contributed by atoms with van der Waals surface area (Å²) < 4.78 is 25.2. The molecule has 118 valence electrons. The number of amidine groups is 1. The zero-order chi connectivity index (χ0) is 15.6. The number of nitrogens with one attached hydrogen (secondary N) is 2. The maximum absolute atomic E-state index is 11.3. The highest BCUT2D eigenvalue weighted by Crippen LogP contribution is 2.31. The van der Waals surface area contributed by atoms with Gasteiger partial charge in [0, 0.05) is 17.3 Å². The van der Waals surface area contributed by atoms with E-state index in [-0.39, 0.29) is 0 Å². The Morgan fingerprint density at radius 2 is 1.90 bits per heavy atom. The molecule has 0 saturated heterocycles. The number of thioether (sulfide) groups is 1. The third-order valence-corrected chi connectivity index (χ3v) is 4.77. The number of hydrogen-bond acceptors (Lipinski definition) is 5. The van der Waals surface area contributed by atoms with Gasteiger partial charge in [0.25, 0.3) is 0 Å². The lowest BCUT2D eigenvalue weighted by atomic mass is 9.90. The lowest BCUT2D eigenvalue weighted by molar-refractivity contribution is 0.375. The first-order valence-corrected chi connectivity index (χ1v) is 9.57. The van der Waals surface area contributed by atoms with Crippen molar-refractivity contribution in [3.63, 3.8) is 0 Å². The summed E-state index contributed by atoms with van der Waals surface area (Å²) in [5, 5.41) is 4.68. The fourth-order valence-corrected chi connectivity index (χ4v) is 4.57. The fraction of sp³-hybridized carbons (Fsp3) is 0.923. The van der Waals surface area contributed by atoms with Crippen molar-refractivity contribution in [2.24, 2.45) is 10.4 Å². The first kappa shape index (κ1) is 17.8. The molecule has 0 fully saturated rings. The minimum absolute atomic E-state index is 0.305. The van der Waals surface area contributed by atoms with Crippen LogP contribution in [0.5, 0.6) is 0 Å². The van der Waals surface area contributed by atoms with Gasteiger partial charge < -0.3 is 5.32 Å². The molecular weight excluding hydrogens is 294 g/mol. The molecule has 5 nitrogen and oxygen atoms in total. The second kappa shape index (κ2) is 6.23. The zero-order valence-electron chi connectivity index (χ0n) is 13.3. The van der Waals surface area contributed by atoms with Crippen LogP contribution in [0.1, 0.15) is 41.0 Å². The van der Waals surface area contributed by atoms with E-state index in [1.807, 2.05) is 13.8 Å². The summed E-state index contributed by atoms with van der Waals surface area (Å²) in [6.45, 7) is 11.8. The van der Waals surface area contributed by atoms with Gasteiger partial charge in [0.1, 0.15) is 0 Å². The summed E-state index contributed by atoms with van der Waals surface area (Å²) in [6.07, 6.45) is 2.30. The van der Waals surface area contributed by atoms with Crippen LogP contribution in [0.25, 0.3) is 0 Å². The van der Waals surface area contributed by atoms with E-state index < -0.39 is 15.6 Å². The smallest absolute Gasteiger partial charge is 0.209 e. The van der Waals surface area contributed by atoms with Crippen LogP contribution in [-0.2, 0) is 10.0 Å². The predicted molar refractivity (Wildman–Crippen MR) is 87.8 cm³/mol. The van der Waals surface area contributed by atoms with Crippen molar-refractivity contribution in [2.75, 3.05) is 19.3 Å². The zero-order valence-corrected chi connectivity index (χ0v) is 14.9. The third kappa shape index (κ3) is 7.50. The summed E-state index contributed by atoms with van der Waals surface area (Å²) in [4.78, 5) is 4.49. The van der Waals surface area contributed by atoms with Crippen molar-refractivity contribution < 1.29 is 8.42 Å². The standard InChI is InChI=1S/C13H27N3O2S2/c1-12(2,3)7-10-8-14-11(19-10)15-9-13(4,5)16-20(6,17)18/h10,16H,7-9H2,1-6H3,(H,14,15). The molecule has 0 aromatic carbocycles. The Labute approximate surface area is 127 Å². The molecule has 1 atom stereocenters. The predicted octanol–water partition coefficient (Wildman–Crippen LogP) is 1.81. The van der Waals surface area contributed by atoms with Crippen LogP contribution in [0, 0.1) is 5.41 Å². The SMILES string of the molecule is CC(C)(C)CC1CN=C(NCC(C)(C)NS(C)(=O)=O)S1. The van der Waals surface area contributed by atoms with Crippen LogP contribution in [-0.4, -0.2) is 43.7 Å². The van der Waals surface area contributed by atoms with Gasteiger partial charge in [-0.2, -0.15) is 0 Å². The van der Waals surface area contributed by atoms with E-state index in [1.54, 1.807) is 11.8 Å². The van der Waals surface area contributed by atoms with Crippen LogP contribution >= 0.6 is 11.8 Å². The van der Waals surface area contributed by atoms with E-state index >= 15 is 0 Å². The van der Waals surface area contributed by atoms with Gasteiger partial charge in [-0.1, -0.05) is 32.5 Å². The van der Waals surface area contributed by atoms with Gasteiger partial charge in [-0.3, -0.25) is 4.99 Å². The van der Waals surface area contributed by atoms with E-state index in [0.717, 1.165) is 18.1 Å². The lowest BCUT2D eigenvalue weighted by Gasteiger charge is -2.26. The maximum atomic E-state index is 11.3. The van der Waals surface area contributed by atoms with Gasteiger partial charge in [-0.25, -0.2) is 13.1 Å². The number of aliphatic imine (C=N–C) groups is 1. The van der Waals surface area contributed by atoms with Crippen LogP contribution in [0.2, 0.25) is 0 Å². The molecule has 7 heteroatoms. The number of sulfonamides is 1. The van der Waals surface area contributed by atoms with Crippen molar-refractivity contribution in [3.05, 3.63) is 0 Å². The molecule has 20 heavy (non-hydrogen) atoms. The van der Waals surface area contributed by atoms with Crippen molar-refractivity contribution >= 4 is 27.0 Å². The highest BCUT2D eigenvalue weighted by Gasteiger charge is 2.27. The minimum Gasteiger partial charge on any atom is -0.363 e. The molecule has 0 aliphatic carbocycles. The molecule has 2 N–H and O–H groups in total. The quantitative estimate of drug-likeness (QED) is 0.810. The molecule has 1 unspecified atom stereocenters. The Balaban J connectivity index is 2.41. The largest absolute Gasteiger partial charge is 0.363 e. The van der Waals surface area contributed by atoms with Gasteiger partial charge in [-0.15, -0.1) is 0 Å². The molecule has 0 bridgehead atoms. The van der Waals surface area contributed by atoms with Crippen LogP contribution in [0.15, 0.2) is 4.99 Å². The van der Waals surface area contributed by atoms with E-state index in [1.165, 1.54) is 6.26 Å². The van der Waals surface area contributed by atoms with Gasteiger partial charge >= 0.3 is 0 Å². The summed E-state index contributed by atoms with van der Waals surface area (Å²) in [6, 6.07) is 0. The van der Waals surface area contributed by atoms with Gasteiger partial charge in [-0.05, 0) is 25.7 Å².